The number of pyridine rings is 2. The van der Waals surface area contributed by atoms with Gasteiger partial charge in [0, 0.05) is 51.3 Å². The first kappa shape index (κ1) is 26.2. The van der Waals surface area contributed by atoms with Crippen molar-refractivity contribution in [2.24, 2.45) is 0 Å². The van der Waals surface area contributed by atoms with Crippen LogP contribution in [-0.2, 0) is 0 Å². The molecule has 0 radical (unpaired) electrons. The predicted octanol–water partition coefficient (Wildman–Crippen LogP) is 10.4. The molecule has 0 saturated heterocycles. The zero-order valence-electron chi connectivity index (χ0n) is 25.1. The van der Waals surface area contributed by atoms with E-state index < -0.39 is 0 Å². The molecule has 0 fully saturated rings. The molecule has 5 heteroatoms. The van der Waals surface area contributed by atoms with E-state index in [1.807, 2.05) is 55.7 Å². The molecule has 218 valence electrons. The first-order valence-corrected chi connectivity index (χ1v) is 15.4. The third kappa shape index (κ3) is 4.17. The van der Waals surface area contributed by atoms with E-state index in [1.165, 1.54) is 27.2 Å². The minimum Gasteiger partial charge on any atom is -0.457 e. The fourth-order valence-electron chi connectivity index (χ4n) is 6.69. The van der Waals surface area contributed by atoms with Gasteiger partial charge in [0.1, 0.15) is 17.3 Å². The largest absolute Gasteiger partial charge is 0.457 e. The van der Waals surface area contributed by atoms with E-state index in [9.17, 15) is 0 Å². The Morgan fingerprint density at radius 1 is 0.522 bits per heavy atom. The number of hydrogen-bond donors (Lipinski definition) is 0. The average Bonchev–Trinajstić information content (AvgIpc) is 3.62. The summed E-state index contributed by atoms with van der Waals surface area (Å²) in [5, 5.41) is 4.78. The SMILES string of the molecule is Cc1ccc(-c2cccc(Oc3ccc4c5c6c7ccccc7n(-c7ccccc7)c6ccc5n(-c5ccccn5)c4c3)c2)nc1. The molecule has 0 unspecified atom stereocenters. The molecule has 0 aliphatic heterocycles. The number of nitrogens with zero attached hydrogens (tertiary/aromatic N) is 4. The number of aromatic nitrogens is 4. The minimum atomic E-state index is 0.754. The van der Waals surface area contributed by atoms with Crippen molar-refractivity contribution in [2.75, 3.05) is 0 Å². The monoisotopic (exact) mass is 592 g/mol. The van der Waals surface area contributed by atoms with E-state index in [4.69, 9.17) is 9.72 Å². The van der Waals surface area contributed by atoms with Gasteiger partial charge in [0.05, 0.1) is 27.8 Å². The van der Waals surface area contributed by atoms with Crippen LogP contribution in [-0.4, -0.2) is 19.1 Å². The average molecular weight is 593 g/mol. The Bertz CT molecular complexity index is 2550. The molecule has 0 aliphatic rings. The van der Waals surface area contributed by atoms with E-state index >= 15 is 0 Å². The van der Waals surface area contributed by atoms with Gasteiger partial charge >= 0.3 is 0 Å². The molecule has 5 nitrogen and oxygen atoms in total. The van der Waals surface area contributed by atoms with Crippen LogP contribution in [0.2, 0.25) is 0 Å². The molecule has 4 heterocycles. The van der Waals surface area contributed by atoms with Gasteiger partial charge in [-0.05, 0) is 85.3 Å². The van der Waals surface area contributed by atoms with E-state index in [1.54, 1.807) is 0 Å². The van der Waals surface area contributed by atoms with Crippen LogP contribution in [0.4, 0.5) is 0 Å². The summed E-state index contributed by atoms with van der Waals surface area (Å²) in [6, 6.07) is 48.4. The van der Waals surface area contributed by atoms with Gasteiger partial charge in [0.15, 0.2) is 0 Å². The maximum Gasteiger partial charge on any atom is 0.137 e. The summed E-state index contributed by atoms with van der Waals surface area (Å²) in [5.41, 5.74) is 8.68. The van der Waals surface area contributed by atoms with Gasteiger partial charge in [-0.2, -0.15) is 0 Å². The summed E-state index contributed by atoms with van der Waals surface area (Å²) in [6.07, 6.45) is 3.74. The summed E-state index contributed by atoms with van der Waals surface area (Å²) in [4.78, 5) is 9.40. The first-order valence-electron chi connectivity index (χ1n) is 15.4. The Hall–Kier alpha value is -6.20. The molecule has 0 spiro atoms. The van der Waals surface area contributed by atoms with Crippen LogP contribution >= 0.6 is 0 Å². The van der Waals surface area contributed by atoms with Crippen LogP contribution in [0.3, 0.4) is 0 Å². The summed E-state index contributed by atoms with van der Waals surface area (Å²) in [6.45, 7) is 2.04. The Balaban J connectivity index is 1.28. The van der Waals surface area contributed by atoms with Crippen LogP contribution in [0.15, 0.2) is 152 Å². The maximum atomic E-state index is 6.51. The Morgan fingerprint density at radius 3 is 2.09 bits per heavy atom. The van der Waals surface area contributed by atoms with Crippen molar-refractivity contribution in [3.05, 3.63) is 157 Å². The molecule has 0 aliphatic carbocycles. The number of fused-ring (bicyclic) bond motifs is 7. The van der Waals surface area contributed by atoms with E-state index in [0.29, 0.717) is 0 Å². The smallest absolute Gasteiger partial charge is 0.137 e. The number of para-hydroxylation sites is 2. The van der Waals surface area contributed by atoms with Gasteiger partial charge in [-0.3, -0.25) is 9.55 Å². The molecule has 46 heavy (non-hydrogen) atoms. The highest BCUT2D eigenvalue weighted by atomic mass is 16.5. The second-order valence-corrected chi connectivity index (χ2v) is 11.6. The second kappa shape index (κ2) is 10.5. The number of hydrogen-bond acceptors (Lipinski definition) is 3. The normalized spacial score (nSPS) is 11.6. The van der Waals surface area contributed by atoms with Crippen molar-refractivity contribution in [3.63, 3.8) is 0 Å². The van der Waals surface area contributed by atoms with Crippen LogP contribution < -0.4 is 4.74 Å². The lowest BCUT2D eigenvalue weighted by Crippen LogP contribution is -1.97. The zero-order valence-corrected chi connectivity index (χ0v) is 25.1. The van der Waals surface area contributed by atoms with E-state index in [-0.39, 0.29) is 0 Å². The highest BCUT2D eigenvalue weighted by Crippen LogP contribution is 2.43. The molecule has 9 aromatic rings. The predicted molar refractivity (Wildman–Crippen MR) is 187 cm³/mol. The third-order valence-corrected chi connectivity index (χ3v) is 8.71. The summed E-state index contributed by atoms with van der Waals surface area (Å²) in [7, 11) is 0. The highest BCUT2D eigenvalue weighted by molar-refractivity contribution is 6.28. The van der Waals surface area contributed by atoms with Crippen LogP contribution in [0.1, 0.15) is 5.56 Å². The summed E-state index contributed by atoms with van der Waals surface area (Å²) >= 11 is 0. The molecule has 0 saturated carbocycles. The van der Waals surface area contributed by atoms with Gasteiger partial charge < -0.3 is 9.30 Å². The zero-order chi connectivity index (χ0) is 30.6. The maximum absolute atomic E-state index is 6.51. The molecular formula is C41H28N4O. The van der Waals surface area contributed by atoms with E-state index in [0.717, 1.165) is 56.2 Å². The first-order chi connectivity index (χ1) is 22.7. The van der Waals surface area contributed by atoms with Crippen molar-refractivity contribution >= 4 is 43.6 Å². The molecule has 5 aromatic carbocycles. The van der Waals surface area contributed by atoms with Crippen molar-refractivity contribution in [2.45, 2.75) is 6.92 Å². The molecule has 0 N–H and O–H groups in total. The van der Waals surface area contributed by atoms with Crippen LogP contribution in [0.25, 0.3) is 66.4 Å². The molecule has 4 aromatic heterocycles. The van der Waals surface area contributed by atoms with Gasteiger partial charge in [-0.25, -0.2) is 4.98 Å². The van der Waals surface area contributed by atoms with Gasteiger partial charge in [-0.1, -0.05) is 60.7 Å². The van der Waals surface area contributed by atoms with Gasteiger partial charge in [0.25, 0.3) is 0 Å². The third-order valence-electron chi connectivity index (χ3n) is 8.71. The highest BCUT2D eigenvalue weighted by Gasteiger charge is 2.21. The second-order valence-electron chi connectivity index (χ2n) is 11.6. The van der Waals surface area contributed by atoms with Crippen molar-refractivity contribution in [1.82, 2.24) is 19.1 Å². The lowest BCUT2D eigenvalue weighted by atomic mass is 10.1. The molecule has 9 rings (SSSR count). The number of aryl methyl sites for hydroxylation is 1. The van der Waals surface area contributed by atoms with Gasteiger partial charge in [-0.15, -0.1) is 0 Å². The van der Waals surface area contributed by atoms with Crippen LogP contribution in [0.5, 0.6) is 11.5 Å². The number of benzene rings is 5. The summed E-state index contributed by atoms with van der Waals surface area (Å²) in [5.74, 6) is 2.37. The van der Waals surface area contributed by atoms with Crippen molar-refractivity contribution in [3.8, 4) is 34.3 Å². The molecule has 0 atom stereocenters. The quantitative estimate of drug-likeness (QED) is 0.200. The number of ether oxygens (including phenoxy) is 1. The summed E-state index contributed by atoms with van der Waals surface area (Å²) < 4.78 is 11.1. The topological polar surface area (TPSA) is 44.9 Å². The Labute approximate surface area is 265 Å². The molecule has 0 amide bonds. The lowest BCUT2D eigenvalue weighted by Gasteiger charge is -2.10. The standard InChI is InChI=1S/C41H28N4O/c1-27-17-20-34(43-26-27)28-10-9-13-30(24-28)46-31-18-19-33-38(25-31)45(39-16-7-8-23-42-39)37-22-21-36-40(41(33)37)32-14-5-6-15-35(32)44(36)29-11-3-2-4-12-29/h2-26H,1H3. The van der Waals surface area contributed by atoms with E-state index in [2.05, 4.69) is 117 Å². The van der Waals surface area contributed by atoms with Crippen molar-refractivity contribution < 1.29 is 4.74 Å². The molecule has 0 bridgehead atoms. The minimum absolute atomic E-state index is 0.754. The fraction of sp³-hybridized carbons (Fsp3) is 0.0244. The Morgan fingerprint density at radius 2 is 1.28 bits per heavy atom. The molecular weight excluding hydrogens is 564 g/mol. The Kier molecular flexibility index (Phi) is 5.96. The van der Waals surface area contributed by atoms with Gasteiger partial charge in [0.2, 0.25) is 0 Å². The lowest BCUT2D eigenvalue weighted by molar-refractivity contribution is 0.483. The fourth-order valence-corrected chi connectivity index (χ4v) is 6.69. The number of rotatable bonds is 5. The van der Waals surface area contributed by atoms with Crippen LogP contribution in [0, 0.1) is 6.92 Å². The van der Waals surface area contributed by atoms with Crippen molar-refractivity contribution in [1.29, 1.82) is 0 Å².